The van der Waals surface area contributed by atoms with E-state index in [4.69, 9.17) is 4.42 Å². The van der Waals surface area contributed by atoms with Gasteiger partial charge in [-0.05, 0) is 12.1 Å². The van der Waals surface area contributed by atoms with Gasteiger partial charge in [0.05, 0.1) is 18.2 Å². The zero-order valence-electron chi connectivity index (χ0n) is 15.8. The van der Waals surface area contributed by atoms with Gasteiger partial charge in [0.25, 0.3) is 0 Å². The van der Waals surface area contributed by atoms with Gasteiger partial charge in [0.2, 0.25) is 11.7 Å². The lowest BCUT2D eigenvalue weighted by Crippen LogP contribution is -2.49. The van der Waals surface area contributed by atoms with Gasteiger partial charge in [-0.25, -0.2) is 4.98 Å². The first-order valence-electron chi connectivity index (χ1n) is 9.26. The van der Waals surface area contributed by atoms with Gasteiger partial charge in [-0.1, -0.05) is 17.8 Å². The topological polar surface area (TPSA) is 93.2 Å². The second-order valence-corrected chi connectivity index (χ2v) is 7.35. The number of anilines is 1. The number of carbonyl (C=O) groups is 1. The van der Waals surface area contributed by atoms with E-state index in [9.17, 15) is 4.79 Å². The second kappa shape index (κ2) is 8.91. The highest BCUT2D eigenvalue weighted by molar-refractivity contribution is 7.99. The summed E-state index contributed by atoms with van der Waals surface area (Å²) in [5.41, 5.74) is 0. The summed E-state index contributed by atoms with van der Waals surface area (Å²) in [6.07, 6.45) is 8.45. The number of hydrogen-bond acceptors (Lipinski definition) is 8. The first kappa shape index (κ1) is 19.2. The molecular weight excluding hydrogens is 390 g/mol. The van der Waals surface area contributed by atoms with Gasteiger partial charge in [-0.2, -0.15) is 0 Å². The predicted molar refractivity (Wildman–Crippen MR) is 109 cm³/mol. The van der Waals surface area contributed by atoms with Crippen molar-refractivity contribution in [3.63, 3.8) is 0 Å². The summed E-state index contributed by atoms with van der Waals surface area (Å²) < 4.78 is 7.33. The zero-order chi connectivity index (χ0) is 20.1. The normalized spacial score (nSPS) is 14.2. The van der Waals surface area contributed by atoms with E-state index in [1.165, 1.54) is 11.8 Å². The summed E-state index contributed by atoms with van der Waals surface area (Å²) in [6, 6.07) is 3.64. The van der Waals surface area contributed by atoms with Crippen molar-refractivity contribution in [2.24, 2.45) is 0 Å². The minimum absolute atomic E-state index is 0.0847. The van der Waals surface area contributed by atoms with Gasteiger partial charge < -0.3 is 14.2 Å². The number of carbonyl (C=O) groups excluding carboxylic acids is 1. The molecule has 0 saturated carbocycles. The Morgan fingerprint density at radius 2 is 2.10 bits per heavy atom. The SMILES string of the molecule is C=CCn1c(SCC(=O)N2CCN(c3cnccn3)CC2)nnc1-c1ccco1. The summed E-state index contributed by atoms with van der Waals surface area (Å²) in [6.45, 7) is 7.13. The van der Waals surface area contributed by atoms with E-state index < -0.39 is 0 Å². The molecule has 1 aliphatic heterocycles. The predicted octanol–water partition coefficient (Wildman–Crippen LogP) is 1.95. The maximum atomic E-state index is 12.7. The molecule has 0 spiro atoms. The fourth-order valence-electron chi connectivity index (χ4n) is 3.13. The molecule has 3 aromatic rings. The molecule has 0 bridgehead atoms. The van der Waals surface area contributed by atoms with Crippen LogP contribution >= 0.6 is 11.8 Å². The molecule has 1 amide bonds. The number of allylic oxidation sites excluding steroid dienone is 1. The molecule has 1 fully saturated rings. The van der Waals surface area contributed by atoms with Crippen molar-refractivity contribution in [1.29, 1.82) is 0 Å². The van der Waals surface area contributed by atoms with Crippen LogP contribution in [0, 0.1) is 0 Å². The van der Waals surface area contributed by atoms with E-state index in [1.54, 1.807) is 37.0 Å². The largest absolute Gasteiger partial charge is 0.461 e. The first-order valence-corrected chi connectivity index (χ1v) is 10.2. The fraction of sp³-hybridized carbons (Fsp3) is 0.316. The average molecular weight is 411 g/mol. The lowest BCUT2D eigenvalue weighted by atomic mass is 10.3. The van der Waals surface area contributed by atoms with E-state index in [0.29, 0.717) is 42.1 Å². The van der Waals surface area contributed by atoms with Gasteiger partial charge in [-0.3, -0.25) is 14.3 Å². The molecule has 150 valence electrons. The Hall–Kier alpha value is -3.14. The van der Waals surface area contributed by atoms with Crippen molar-refractivity contribution < 1.29 is 9.21 Å². The number of thioether (sulfide) groups is 1. The average Bonchev–Trinajstić information content (AvgIpc) is 3.43. The molecule has 4 heterocycles. The molecule has 1 aliphatic rings. The molecule has 0 radical (unpaired) electrons. The first-order chi connectivity index (χ1) is 14.3. The summed E-state index contributed by atoms with van der Waals surface area (Å²) in [5.74, 6) is 2.50. The summed E-state index contributed by atoms with van der Waals surface area (Å²) in [5, 5.41) is 9.12. The van der Waals surface area contributed by atoms with Crippen molar-refractivity contribution in [3.05, 3.63) is 49.6 Å². The highest BCUT2D eigenvalue weighted by atomic mass is 32.2. The Kier molecular flexibility index (Phi) is 5.89. The van der Waals surface area contributed by atoms with E-state index in [-0.39, 0.29) is 5.91 Å². The van der Waals surface area contributed by atoms with Crippen LogP contribution in [0.3, 0.4) is 0 Å². The van der Waals surface area contributed by atoms with Gasteiger partial charge in [0.1, 0.15) is 5.82 Å². The lowest BCUT2D eigenvalue weighted by molar-refractivity contribution is -0.128. The van der Waals surface area contributed by atoms with Gasteiger partial charge in [-0.15, -0.1) is 16.8 Å². The molecule has 3 aromatic heterocycles. The van der Waals surface area contributed by atoms with Crippen LogP contribution in [-0.2, 0) is 11.3 Å². The van der Waals surface area contributed by atoms with Crippen LogP contribution in [0.15, 0.2) is 59.2 Å². The minimum atomic E-state index is 0.0847. The molecular formula is C19H21N7O2S. The van der Waals surface area contributed by atoms with Gasteiger partial charge in [0, 0.05) is 45.1 Å². The number of rotatable bonds is 7. The number of furan rings is 1. The highest BCUT2D eigenvalue weighted by Gasteiger charge is 2.23. The van der Waals surface area contributed by atoms with Crippen LogP contribution in [0.5, 0.6) is 0 Å². The highest BCUT2D eigenvalue weighted by Crippen LogP contribution is 2.25. The van der Waals surface area contributed by atoms with Crippen LogP contribution in [0.2, 0.25) is 0 Å². The Labute approximate surface area is 172 Å². The molecule has 4 rings (SSSR count). The van der Waals surface area contributed by atoms with Crippen LogP contribution < -0.4 is 4.90 Å². The molecule has 0 aliphatic carbocycles. The molecule has 0 atom stereocenters. The third-order valence-corrected chi connectivity index (χ3v) is 5.55. The molecule has 29 heavy (non-hydrogen) atoms. The van der Waals surface area contributed by atoms with Crippen molar-refractivity contribution in [3.8, 4) is 11.6 Å². The number of hydrogen-bond donors (Lipinski definition) is 0. The molecule has 0 aromatic carbocycles. The number of piperazine rings is 1. The summed E-state index contributed by atoms with van der Waals surface area (Å²) >= 11 is 1.38. The zero-order valence-corrected chi connectivity index (χ0v) is 16.7. The minimum Gasteiger partial charge on any atom is -0.461 e. The lowest BCUT2D eigenvalue weighted by Gasteiger charge is -2.35. The maximum absolute atomic E-state index is 12.7. The Morgan fingerprint density at radius 1 is 1.24 bits per heavy atom. The number of nitrogens with zero attached hydrogens (tertiary/aromatic N) is 7. The van der Waals surface area contributed by atoms with Gasteiger partial charge >= 0.3 is 0 Å². The van der Waals surface area contributed by atoms with Gasteiger partial charge in [0.15, 0.2) is 10.9 Å². The number of amides is 1. The van der Waals surface area contributed by atoms with Crippen molar-refractivity contribution >= 4 is 23.5 Å². The van der Waals surface area contributed by atoms with Crippen LogP contribution in [-0.4, -0.2) is 67.5 Å². The summed E-state index contributed by atoms with van der Waals surface area (Å²) in [4.78, 5) is 25.1. The summed E-state index contributed by atoms with van der Waals surface area (Å²) in [7, 11) is 0. The van der Waals surface area contributed by atoms with Crippen molar-refractivity contribution in [2.45, 2.75) is 11.7 Å². The third kappa shape index (κ3) is 4.32. The van der Waals surface area contributed by atoms with Crippen LogP contribution in [0.4, 0.5) is 5.82 Å². The van der Waals surface area contributed by atoms with Crippen molar-refractivity contribution in [2.75, 3.05) is 36.8 Å². The molecule has 1 saturated heterocycles. The Balaban J connectivity index is 1.35. The Morgan fingerprint density at radius 3 is 2.79 bits per heavy atom. The van der Waals surface area contributed by atoms with E-state index >= 15 is 0 Å². The number of aromatic nitrogens is 5. The standard InChI is InChI=1S/C19H21N7O2S/c1-2-7-26-18(15-4-3-12-28-15)22-23-19(26)29-14-17(27)25-10-8-24(9-11-25)16-13-20-5-6-21-16/h2-6,12-13H,1,7-11,14H2. The molecule has 0 unspecified atom stereocenters. The maximum Gasteiger partial charge on any atom is 0.233 e. The molecule has 10 heteroatoms. The van der Waals surface area contributed by atoms with E-state index in [2.05, 4.69) is 31.6 Å². The monoisotopic (exact) mass is 411 g/mol. The fourth-order valence-corrected chi connectivity index (χ4v) is 3.98. The van der Waals surface area contributed by atoms with Crippen LogP contribution in [0.25, 0.3) is 11.6 Å². The van der Waals surface area contributed by atoms with E-state index in [1.807, 2.05) is 15.5 Å². The molecule has 9 nitrogen and oxygen atoms in total. The smallest absolute Gasteiger partial charge is 0.233 e. The van der Waals surface area contributed by atoms with Crippen LogP contribution in [0.1, 0.15) is 0 Å². The van der Waals surface area contributed by atoms with E-state index in [0.717, 1.165) is 18.9 Å². The molecule has 0 N–H and O–H groups in total. The quantitative estimate of drug-likeness (QED) is 0.430. The third-order valence-electron chi connectivity index (χ3n) is 4.60. The van der Waals surface area contributed by atoms with Crippen molar-refractivity contribution in [1.82, 2.24) is 29.6 Å². The Bertz CT molecular complexity index is 950. The second-order valence-electron chi connectivity index (χ2n) is 6.40.